The first-order valence-corrected chi connectivity index (χ1v) is 9.26. The zero-order chi connectivity index (χ0) is 15.7. The number of ether oxygens (including phenoxy) is 1. The Morgan fingerprint density at radius 1 is 1.39 bits per heavy atom. The number of rotatable bonds is 8. The van der Waals surface area contributed by atoms with Gasteiger partial charge in [0.2, 0.25) is 0 Å². The lowest BCUT2D eigenvalue weighted by atomic mass is 9.93. The molecule has 3 fully saturated rings. The molecule has 5 heteroatoms. The summed E-state index contributed by atoms with van der Waals surface area (Å²) >= 11 is 0. The Morgan fingerprint density at radius 2 is 2.22 bits per heavy atom. The molecule has 1 unspecified atom stereocenters. The summed E-state index contributed by atoms with van der Waals surface area (Å²) in [5, 5.41) is 3.51. The van der Waals surface area contributed by atoms with Crippen molar-refractivity contribution >= 4 is 0 Å². The third-order valence-electron chi connectivity index (χ3n) is 6.03. The fraction of sp³-hybridized carbons (Fsp3) is 0.833. The van der Waals surface area contributed by atoms with Crippen molar-refractivity contribution in [2.45, 2.75) is 44.7 Å². The molecule has 4 rings (SSSR count). The number of hydrogen-bond acceptors (Lipinski definition) is 4. The third-order valence-corrected chi connectivity index (χ3v) is 6.03. The predicted molar refractivity (Wildman–Crippen MR) is 90.1 cm³/mol. The minimum atomic E-state index is 0.576. The van der Waals surface area contributed by atoms with E-state index < -0.39 is 0 Å². The van der Waals surface area contributed by atoms with Gasteiger partial charge in [-0.15, -0.1) is 0 Å². The average Bonchev–Trinajstić information content (AvgIpc) is 3.46. The Bertz CT molecular complexity index is 519. The number of nitrogens with zero attached hydrogens (tertiary/aromatic N) is 3. The van der Waals surface area contributed by atoms with E-state index in [4.69, 9.17) is 4.74 Å². The highest BCUT2D eigenvalue weighted by atomic mass is 16.5. The first-order valence-electron chi connectivity index (χ1n) is 9.26. The average molecular weight is 318 g/mol. The van der Waals surface area contributed by atoms with Crippen molar-refractivity contribution in [1.82, 2.24) is 19.8 Å². The molecule has 1 aromatic heterocycles. The third kappa shape index (κ3) is 3.62. The summed E-state index contributed by atoms with van der Waals surface area (Å²) in [5.74, 6) is 2.03. The number of aryl methyl sites for hydroxylation is 1. The molecule has 0 bridgehead atoms. The van der Waals surface area contributed by atoms with Gasteiger partial charge in [-0.1, -0.05) is 0 Å². The van der Waals surface area contributed by atoms with E-state index in [1.165, 1.54) is 51.0 Å². The summed E-state index contributed by atoms with van der Waals surface area (Å²) in [6.45, 7) is 6.20. The first kappa shape index (κ1) is 15.6. The zero-order valence-corrected chi connectivity index (χ0v) is 14.3. The lowest BCUT2D eigenvalue weighted by Crippen LogP contribution is -2.38. The molecule has 2 aliphatic carbocycles. The van der Waals surface area contributed by atoms with Crippen LogP contribution in [0.15, 0.2) is 12.4 Å². The van der Waals surface area contributed by atoms with E-state index in [-0.39, 0.29) is 0 Å². The molecular formula is C18H30N4O. The number of aromatic nitrogens is 2. The molecule has 1 spiro atoms. The Balaban J connectivity index is 1.35. The van der Waals surface area contributed by atoms with Gasteiger partial charge in [0.1, 0.15) is 5.82 Å². The Morgan fingerprint density at radius 3 is 2.91 bits per heavy atom. The van der Waals surface area contributed by atoms with Gasteiger partial charge in [0.15, 0.2) is 0 Å². The maximum absolute atomic E-state index is 5.91. The van der Waals surface area contributed by atoms with Crippen LogP contribution in [0.25, 0.3) is 0 Å². The molecule has 0 aromatic carbocycles. The molecule has 1 aliphatic heterocycles. The van der Waals surface area contributed by atoms with Gasteiger partial charge in [-0.3, -0.25) is 4.90 Å². The van der Waals surface area contributed by atoms with Crippen molar-refractivity contribution in [3.8, 4) is 0 Å². The van der Waals surface area contributed by atoms with Crippen LogP contribution in [0.2, 0.25) is 0 Å². The quantitative estimate of drug-likeness (QED) is 0.742. The van der Waals surface area contributed by atoms with E-state index in [0.717, 1.165) is 38.3 Å². The largest absolute Gasteiger partial charge is 0.380 e. The van der Waals surface area contributed by atoms with Gasteiger partial charge in [0.05, 0.1) is 13.2 Å². The van der Waals surface area contributed by atoms with Gasteiger partial charge in [0.25, 0.3) is 0 Å². The van der Waals surface area contributed by atoms with E-state index >= 15 is 0 Å². The van der Waals surface area contributed by atoms with E-state index in [1.54, 1.807) is 0 Å². The predicted octanol–water partition coefficient (Wildman–Crippen LogP) is 1.79. The second-order valence-corrected chi connectivity index (χ2v) is 7.78. The van der Waals surface area contributed by atoms with Crippen molar-refractivity contribution in [1.29, 1.82) is 0 Å². The highest BCUT2D eigenvalue weighted by Crippen LogP contribution is 2.55. The first-order chi connectivity index (χ1) is 11.3. The van der Waals surface area contributed by atoms with E-state index in [2.05, 4.69) is 26.8 Å². The summed E-state index contributed by atoms with van der Waals surface area (Å²) in [4.78, 5) is 7.17. The van der Waals surface area contributed by atoms with E-state index in [0.29, 0.717) is 5.41 Å². The topological polar surface area (TPSA) is 42.3 Å². The van der Waals surface area contributed by atoms with Gasteiger partial charge < -0.3 is 14.6 Å². The molecule has 3 aliphatic rings. The maximum Gasteiger partial charge on any atom is 0.122 e. The van der Waals surface area contributed by atoms with E-state index in [9.17, 15) is 0 Å². The van der Waals surface area contributed by atoms with Gasteiger partial charge >= 0.3 is 0 Å². The molecule has 0 radical (unpaired) electrons. The molecule has 2 saturated carbocycles. The molecule has 1 aromatic rings. The summed E-state index contributed by atoms with van der Waals surface area (Å²) in [7, 11) is 2.09. The van der Waals surface area contributed by atoms with Crippen molar-refractivity contribution < 1.29 is 4.74 Å². The second kappa shape index (κ2) is 6.54. The summed E-state index contributed by atoms with van der Waals surface area (Å²) in [6, 6.07) is 0.728. The van der Waals surface area contributed by atoms with Gasteiger partial charge in [-0.2, -0.15) is 0 Å². The fourth-order valence-corrected chi connectivity index (χ4v) is 4.10. The molecule has 1 saturated heterocycles. The van der Waals surface area contributed by atoms with Crippen LogP contribution < -0.4 is 5.32 Å². The molecule has 1 N–H and O–H groups in total. The van der Waals surface area contributed by atoms with Crippen molar-refractivity contribution in [3.63, 3.8) is 0 Å². The maximum atomic E-state index is 5.91. The van der Waals surface area contributed by atoms with Crippen LogP contribution in [0.3, 0.4) is 0 Å². The normalized spacial score (nSPS) is 26.1. The molecule has 1 atom stereocenters. The smallest absolute Gasteiger partial charge is 0.122 e. The summed E-state index contributed by atoms with van der Waals surface area (Å²) in [6.07, 6.45) is 10.7. The Kier molecular flexibility index (Phi) is 4.43. The monoisotopic (exact) mass is 318 g/mol. The van der Waals surface area contributed by atoms with Crippen molar-refractivity contribution in [2.75, 3.05) is 32.8 Å². The van der Waals surface area contributed by atoms with Crippen LogP contribution in [0.4, 0.5) is 0 Å². The molecule has 23 heavy (non-hydrogen) atoms. The number of piperidine rings is 1. The Labute approximate surface area is 139 Å². The van der Waals surface area contributed by atoms with Crippen LogP contribution in [0.5, 0.6) is 0 Å². The number of hydrogen-bond donors (Lipinski definition) is 1. The standard InChI is InChI=1S/C18H30N4O/c1-21-9-8-20-17(21)13-22(10-11-23-14-15-2-3-15)16-12-18(16)4-6-19-7-5-18/h8-9,15-16,19H,2-7,10-14H2,1H3. The minimum absolute atomic E-state index is 0.576. The summed E-state index contributed by atoms with van der Waals surface area (Å²) < 4.78 is 8.06. The molecule has 0 amide bonds. The molecular weight excluding hydrogens is 288 g/mol. The van der Waals surface area contributed by atoms with Gasteiger partial charge in [-0.05, 0) is 56.5 Å². The summed E-state index contributed by atoms with van der Waals surface area (Å²) in [5.41, 5.74) is 0.576. The molecule has 128 valence electrons. The minimum Gasteiger partial charge on any atom is -0.380 e. The van der Waals surface area contributed by atoms with Crippen LogP contribution in [0, 0.1) is 11.3 Å². The van der Waals surface area contributed by atoms with Crippen LogP contribution >= 0.6 is 0 Å². The number of imidazole rings is 1. The lowest BCUT2D eigenvalue weighted by Gasteiger charge is -2.29. The van der Waals surface area contributed by atoms with Crippen molar-refractivity contribution in [3.05, 3.63) is 18.2 Å². The second-order valence-electron chi connectivity index (χ2n) is 7.78. The number of nitrogens with one attached hydrogen (secondary N) is 1. The van der Waals surface area contributed by atoms with Gasteiger partial charge in [0, 0.05) is 38.6 Å². The lowest BCUT2D eigenvalue weighted by molar-refractivity contribution is 0.0822. The fourth-order valence-electron chi connectivity index (χ4n) is 4.10. The van der Waals surface area contributed by atoms with Crippen LogP contribution in [0.1, 0.15) is 37.9 Å². The SMILES string of the molecule is Cn1ccnc1CN(CCOCC1CC1)C1CC12CCNCC2. The van der Waals surface area contributed by atoms with Crippen LogP contribution in [-0.4, -0.2) is 53.3 Å². The van der Waals surface area contributed by atoms with Crippen LogP contribution in [-0.2, 0) is 18.3 Å². The van der Waals surface area contributed by atoms with Gasteiger partial charge in [-0.25, -0.2) is 4.98 Å². The van der Waals surface area contributed by atoms with Crippen molar-refractivity contribution in [2.24, 2.45) is 18.4 Å². The van der Waals surface area contributed by atoms with E-state index in [1.807, 2.05) is 12.4 Å². The Hall–Kier alpha value is -0.910. The molecule has 2 heterocycles. The highest BCUT2D eigenvalue weighted by Gasteiger charge is 2.56. The zero-order valence-electron chi connectivity index (χ0n) is 14.3. The molecule has 5 nitrogen and oxygen atoms in total. The highest BCUT2D eigenvalue weighted by molar-refractivity contribution is 5.11.